The van der Waals surface area contributed by atoms with Gasteiger partial charge in [-0.2, -0.15) is 0 Å². The second-order valence-corrected chi connectivity index (χ2v) is 6.91. The van der Waals surface area contributed by atoms with E-state index in [0.29, 0.717) is 19.4 Å². The minimum Gasteiger partial charge on any atom is -0.394 e. The molecule has 138 valence electrons. The second kappa shape index (κ2) is 10.0. The van der Waals surface area contributed by atoms with Crippen molar-refractivity contribution in [2.45, 2.75) is 57.2 Å². The Balaban J connectivity index is 2.14. The summed E-state index contributed by atoms with van der Waals surface area (Å²) in [6.45, 7) is 1.70. The minimum atomic E-state index is -4.38. The predicted octanol–water partition coefficient (Wildman–Crippen LogP) is -0.252. The van der Waals surface area contributed by atoms with Crippen molar-refractivity contribution in [3.63, 3.8) is 0 Å². The summed E-state index contributed by atoms with van der Waals surface area (Å²) < 4.78 is 25.8. The molecule has 0 aromatic carbocycles. The zero-order valence-corrected chi connectivity index (χ0v) is 14.0. The molecule has 1 aliphatic heterocycles. The number of aliphatic hydroxyl groups is 3. The van der Waals surface area contributed by atoms with Crippen LogP contribution in [-0.4, -0.2) is 69.5 Å². The average Bonchev–Trinajstić information content (AvgIpc) is 2.48. The third kappa shape index (κ3) is 7.55. The molecule has 5 N–H and O–H groups in total. The van der Waals surface area contributed by atoms with Crippen molar-refractivity contribution in [2.24, 2.45) is 5.92 Å². The van der Waals surface area contributed by atoms with Gasteiger partial charge in [0.05, 0.1) is 19.3 Å². The van der Waals surface area contributed by atoms with Crippen molar-refractivity contribution in [2.75, 3.05) is 19.8 Å². The Labute approximate surface area is 135 Å². The van der Waals surface area contributed by atoms with E-state index in [2.05, 4.69) is 4.52 Å². The van der Waals surface area contributed by atoms with Crippen LogP contribution in [0.2, 0.25) is 0 Å². The number of hydrogen-bond donors (Lipinski definition) is 5. The normalized spacial score (nSPS) is 32.2. The average molecular weight is 358 g/mol. The lowest BCUT2D eigenvalue weighted by molar-refractivity contribution is -0.282. The van der Waals surface area contributed by atoms with Gasteiger partial charge < -0.3 is 34.6 Å². The summed E-state index contributed by atoms with van der Waals surface area (Å²) in [5, 5.41) is 28.7. The number of unbranched alkanes of at least 4 members (excludes halogenated alkanes) is 3. The van der Waals surface area contributed by atoms with Gasteiger partial charge in [-0.3, -0.25) is 4.52 Å². The number of hydrogen-bond acceptors (Lipinski definition) is 7. The van der Waals surface area contributed by atoms with Gasteiger partial charge in [-0.1, -0.05) is 19.8 Å². The smallest absolute Gasteiger partial charge is 0.394 e. The summed E-state index contributed by atoms with van der Waals surface area (Å²) in [5.74, 6) is -0.413. The van der Waals surface area contributed by atoms with Gasteiger partial charge in [0.15, 0.2) is 6.29 Å². The maximum absolute atomic E-state index is 10.5. The molecule has 1 aliphatic rings. The number of phosphoric acid groups is 1. The molecule has 0 amide bonds. The summed E-state index contributed by atoms with van der Waals surface area (Å²) in [7, 11) is -4.38. The molecule has 23 heavy (non-hydrogen) atoms. The Bertz CT molecular complexity index is 372. The molecule has 1 fully saturated rings. The van der Waals surface area contributed by atoms with Gasteiger partial charge in [0.1, 0.15) is 12.2 Å². The van der Waals surface area contributed by atoms with Crippen LogP contribution in [0, 0.1) is 5.92 Å². The van der Waals surface area contributed by atoms with E-state index in [0.717, 1.165) is 12.8 Å². The Morgan fingerprint density at radius 1 is 1.04 bits per heavy atom. The lowest BCUT2D eigenvalue weighted by Crippen LogP contribution is -2.55. The number of rotatable bonds is 10. The third-order valence-electron chi connectivity index (χ3n) is 3.77. The number of aliphatic hydroxyl groups excluding tert-OH is 3. The second-order valence-electron chi connectivity index (χ2n) is 5.67. The monoisotopic (exact) mass is 358 g/mol. The van der Waals surface area contributed by atoms with Crippen LogP contribution in [0.25, 0.3) is 0 Å². The Hall–Kier alpha value is -0.0900. The molecule has 0 bridgehead atoms. The zero-order valence-electron chi connectivity index (χ0n) is 13.2. The molecule has 1 saturated heterocycles. The molecule has 2 unspecified atom stereocenters. The topological polar surface area (TPSA) is 146 Å². The first-order valence-corrected chi connectivity index (χ1v) is 9.23. The van der Waals surface area contributed by atoms with Gasteiger partial charge in [-0.25, -0.2) is 4.57 Å². The number of phosphoric ester groups is 1. The molecule has 0 spiro atoms. The van der Waals surface area contributed by atoms with Gasteiger partial charge in [0.25, 0.3) is 0 Å². The van der Waals surface area contributed by atoms with Crippen molar-refractivity contribution in [1.82, 2.24) is 0 Å². The van der Waals surface area contributed by atoms with Gasteiger partial charge in [-0.05, 0) is 12.8 Å². The molecule has 0 aromatic rings. The minimum absolute atomic E-state index is 0.0101. The van der Waals surface area contributed by atoms with Gasteiger partial charge in [0, 0.05) is 12.5 Å². The maximum atomic E-state index is 10.5. The van der Waals surface area contributed by atoms with Crippen LogP contribution >= 0.6 is 7.82 Å². The van der Waals surface area contributed by atoms with E-state index in [9.17, 15) is 14.8 Å². The van der Waals surface area contributed by atoms with Crippen LogP contribution in [0.4, 0.5) is 0 Å². The first-order valence-electron chi connectivity index (χ1n) is 7.70. The van der Waals surface area contributed by atoms with E-state index < -0.39 is 44.9 Å². The largest absolute Gasteiger partial charge is 0.469 e. The fourth-order valence-corrected chi connectivity index (χ4v) is 2.72. The zero-order chi connectivity index (χ0) is 17.5. The molecular weight excluding hydrogens is 331 g/mol. The van der Waals surface area contributed by atoms with E-state index in [1.54, 1.807) is 6.92 Å². The van der Waals surface area contributed by atoms with Crippen molar-refractivity contribution >= 4 is 7.82 Å². The lowest BCUT2D eigenvalue weighted by Gasteiger charge is -2.40. The highest BCUT2D eigenvalue weighted by molar-refractivity contribution is 7.46. The third-order valence-corrected chi connectivity index (χ3v) is 4.29. The highest BCUT2D eigenvalue weighted by atomic mass is 31.2. The molecule has 10 heteroatoms. The molecule has 0 aliphatic carbocycles. The van der Waals surface area contributed by atoms with Crippen LogP contribution in [0.15, 0.2) is 0 Å². The summed E-state index contributed by atoms with van der Waals surface area (Å²) in [4.78, 5) is 17.0. The van der Waals surface area contributed by atoms with Crippen molar-refractivity contribution in [3.05, 3.63) is 0 Å². The SMILES string of the molecule is CC1[C@H](OCCCCCCOP(=O)(O)O)OC(CO)[C@H](O)[C@@H]1O. The molecular formula is C13H27O9P. The summed E-state index contributed by atoms with van der Waals surface area (Å²) in [5.41, 5.74) is 0. The Kier molecular flexibility index (Phi) is 9.13. The Morgan fingerprint density at radius 2 is 1.65 bits per heavy atom. The Morgan fingerprint density at radius 3 is 2.22 bits per heavy atom. The van der Waals surface area contributed by atoms with Gasteiger partial charge in [-0.15, -0.1) is 0 Å². The van der Waals surface area contributed by atoms with Crippen molar-refractivity contribution in [3.8, 4) is 0 Å². The van der Waals surface area contributed by atoms with Crippen LogP contribution in [0.1, 0.15) is 32.6 Å². The maximum Gasteiger partial charge on any atom is 0.469 e. The van der Waals surface area contributed by atoms with E-state index in [1.807, 2.05) is 0 Å². The van der Waals surface area contributed by atoms with E-state index in [4.69, 9.17) is 24.4 Å². The van der Waals surface area contributed by atoms with Crippen LogP contribution < -0.4 is 0 Å². The molecule has 0 radical (unpaired) electrons. The summed E-state index contributed by atoms with van der Waals surface area (Å²) in [6, 6.07) is 0. The molecule has 9 nitrogen and oxygen atoms in total. The van der Waals surface area contributed by atoms with E-state index in [-0.39, 0.29) is 6.61 Å². The van der Waals surface area contributed by atoms with Crippen LogP contribution in [-0.2, 0) is 18.6 Å². The van der Waals surface area contributed by atoms with E-state index in [1.165, 1.54) is 0 Å². The molecule has 0 saturated carbocycles. The van der Waals surface area contributed by atoms with Crippen LogP contribution in [0.5, 0.6) is 0 Å². The fraction of sp³-hybridized carbons (Fsp3) is 1.00. The van der Waals surface area contributed by atoms with E-state index >= 15 is 0 Å². The van der Waals surface area contributed by atoms with Crippen molar-refractivity contribution in [1.29, 1.82) is 0 Å². The first kappa shape index (κ1) is 21.0. The van der Waals surface area contributed by atoms with Crippen molar-refractivity contribution < 1.29 is 43.7 Å². The molecule has 0 aromatic heterocycles. The fourth-order valence-electron chi connectivity index (χ4n) is 2.35. The van der Waals surface area contributed by atoms with Crippen LogP contribution in [0.3, 0.4) is 0 Å². The highest BCUT2D eigenvalue weighted by Crippen LogP contribution is 2.35. The molecule has 1 rings (SSSR count). The quantitative estimate of drug-likeness (QED) is 0.263. The molecule has 5 atom stereocenters. The predicted molar refractivity (Wildman–Crippen MR) is 79.3 cm³/mol. The summed E-state index contributed by atoms with van der Waals surface area (Å²) >= 11 is 0. The number of ether oxygens (including phenoxy) is 2. The summed E-state index contributed by atoms with van der Waals surface area (Å²) in [6.07, 6.45) is -0.922. The molecule has 1 heterocycles. The highest BCUT2D eigenvalue weighted by Gasteiger charge is 2.42. The standard InChI is InChI=1S/C13H27O9P/c1-9-11(15)12(16)10(8-14)22-13(9)20-6-4-2-3-5-7-21-23(17,18)19/h9-16H,2-8H2,1H3,(H2,17,18,19)/t9?,10?,11-,12+,13-/m1/s1. The van der Waals surface area contributed by atoms with Gasteiger partial charge in [0.2, 0.25) is 0 Å². The van der Waals surface area contributed by atoms with Gasteiger partial charge >= 0.3 is 7.82 Å². The lowest BCUT2D eigenvalue weighted by atomic mass is 9.92. The first-order chi connectivity index (χ1) is 10.8.